The summed E-state index contributed by atoms with van der Waals surface area (Å²) in [6.45, 7) is 2.90. The molecule has 0 N–H and O–H groups in total. The number of sulfonamides is 1. The van der Waals surface area contributed by atoms with E-state index in [1.807, 2.05) is 0 Å². The Morgan fingerprint density at radius 2 is 1.48 bits per heavy atom. The lowest BCUT2D eigenvalue weighted by Gasteiger charge is -2.21. The molecule has 0 radical (unpaired) electrons. The van der Waals surface area contributed by atoms with E-state index in [2.05, 4.69) is 0 Å². The van der Waals surface area contributed by atoms with Crippen LogP contribution in [0.15, 0.2) is 59.5 Å². The number of carbonyl (C=O) groups is 1. The van der Waals surface area contributed by atoms with Gasteiger partial charge < -0.3 is 4.90 Å². The fourth-order valence-corrected chi connectivity index (χ4v) is 4.65. The largest absolute Gasteiger partial charge is 0.338 e. The molecule has 1 saturated heterocycles. The first-order chi connectivity index (χ1) is 13.8. The minimum atomic E-state index is -3.74. The zero-order valence-electron chi connectivity index (χ0n) is 16.0. The summed E-state index contributed by atoms with van der Waals surface area (Å²) in [5.41, 5.74) is 1.45. The molecule has 8 heteroatoms. The maximum absolute atomic E-state index is 13.1. The summed E-state index contributed by atoms with van der Waals surface area (Å²) in [7, 11) is -3.74. The van der Waals surface area contributed by atoms with E-state index < -0.39 is 15.8 Å². The van der Waals surface area contributed by atoms with E-state index in [-0.39, 0.29) is 36.3 Å². The van der Waals surface area contributed by atoms with Crippen LogP contribution in [0.2, 0.25) is 0 Å². The number of carbonyl (C=O) groups excluding carboxylic acids is 1. The number of nitrogens with zero attached hydrogens (tertiary/aromatic N) is 2. The lowest BCUT2D eigenvalue weighted by Crippen LogP contribution is -2.36. The third-order valence-electron chi connectivity index (χ3n) is 4.86. The highest BCUT2D eigenvalue weighted by Crippen LogP contribution is 2.19. The zero-order valence-corrected chi connectivity index (χ0v) is 16.8. The Labute approximate surface area is 169 Å². The van der Waals surface area contributed by atoms with Crippen LogP contribution in [0.5, 0.6) is 0 Å². The Bertz CT molecular complexity index is 1000. The first kappa shape index (κ1) is 21.1. The Morgan fingerprint density at radius 3 is 2.10 bits per heavy atom. The van der Waals surface area contributed by atoms with Gasteiger partial charge in [-0.2, -0.15) is 4.31 Å². The van der Waals surface area contributed by atoms with Gasteiger partial charge in [-0.05, 0) is 60.9 Å². The minimum absolute atomic E-state index is 0.0331. The van der Waals surface area contributed by atoms with Gasteiger partial charge >= 0.3 is 0 Å². The molecule has 0 aliphatic carbocycles. The normalized spacial score (nSPS) is 16.5. The van der Waals surface area contributed by atoms with Crippen molar-refractivity contribution in [1.82, 2.24) is 9.21 Å². The second kappa shape index (κ2) is 8.84. The zero-order chi connectivity index (χ0) is 21.0. The van der Waals surface area contributed by atoms with Gasteiger partial charge in [-0.3, -0.25) is 4.79 Å². The van der Waals surface area contributed by atoms with Crippen LogP contribution in [0.3, 0.4) is 0 Å². The van der Waals surface area contributed by atoms with E-state index in [0.717, 1.165) is 17.7 Å². The molecule has 1 fully saturated rings. The Balaban J connectivity index is 1.69. The third-order valence-corrected chi connectivity index (χ3v) is 6.77. The van der Waals surface area contributed by atoms with Gasteiger partial charge in [0.25, 0.3) is 0 Å². The number of hydrogen-bond donors (Lipinski definition) is 0. The molecule has 1 amide bonds. The van der Waals surface area contributed by atoms with Crippen molar-refractivity contribution in [2.75, 3.05) is 26.2 Å². The van der Waals surface area contributed by atoms with Crippen molar-refractivity contribution in [2.24, 2.45) is 0 Å². The fraction of sp³-hybridized carbons (Fsp3) is 0.286. The maximum atomic E-state index is 13.1. The second-order valence-electron chi connectivity index (χ2n) is 6.87. The summed E-state index contributed by atoms with van der Waals surface area (Å²) in [5, 5.41) is 0. The van der Waals surface area contributed by atoms with Crippen LogP contribution in [-0.2, 0) is 14.8 Å². The predicted octanol–water partition coefficient (Wildman–Crippen LogP) is 3.29. The van der Waals surface area contributed by atoms with Gasteiger partial charge in [0.15, 0.2) is 0 Å². The molecule has 0 bridgehead atoms. The van der Waals surface area contributed by atoms with Crippen LogP contribution in [0, 0.1) is 11.6 Å². The van der Waals surface area contributed by atoms with E-state index in [4.69, 9.17) is 0 Å². The first-order valence-electron chi connectivity index (χ1n) is 9.26. The number of rotatable bonds is 4. The second-order valence-corrected chi connectivity index (χ2v) is 8.81. The molecule has 154 valence electrons. The van der Waals surface area contributed by atoms with E-state index in [1.54, 1.807) is 24.0 Å². The van der Waals surface area contributed by atoms with E-state index in [0.29, 0.717) is 18.5 Å². The van der Waals surface area contributed by atoms with Crippen LogP contribution in [0.4, 0.5) is 8.78 Å². The summed E-state index contributed by atoms with van der Waals surface area (Å²) >= 11 is 0. The van der Waals surface area contributed by atoms with Gasteiger partial charge in [0, 0.05) is 32.3 Å². The molecule has 0 atom stereocenters. The van der Waals surface area contributed by atoms with Gasteiger partial charge in [0.05, 0.1) is 4.90 Å². The van der Waals surface area contributed by atoms with Gasteiger partial charge in [0.2, 0.25) is 15.9 Å². The molecule has 1 aliphatic heterocycles. The van der Waals surface area contributed by atoms with E-state index >= 15 is 0 Å². The highest BCUT2D eigenvalue weighted by molar-refractivity contribution is 7.89. The van der Waals surface area contributed by atoms with Gasteiger partial charge in [0.1, 0.15) is 11.6 Å². The van der Waals surface area contributed by atoms with E-state index in [9.17, 15) is 22.0 Å². The van der Waals surface area contributed by atoms with Gasteiger partial charge in [-0.15, -0.1) is 0 Å². The van der Waals surface area contributed by atoms with Crippen molar-refractivity contribution < 1.29 is 22.0 Å². The maximum Gasteiger partial charge on any atom is 0.246 e. The molecule has 2 aromatic rings. The number of halogens is 2. The SMILES string of the molecule is C/C(=C\C(=O)N1CCCN(S(=O)(=O)c2ccc(F)cc2)CC1)c1ccc(F)cc1. The van der Waals surface area contributed by atoms with Crippen LogP contribution < -0.4 is 0 Å². The highest BCUT2D eigenvalue weighted by atomic mass is 32.2. The lowest BCUT2D eigenvalue weighted by atomic mass is 10.1. The summed E-state index contributed by atoms with van der Waals surface area (Å²) in [6.07, 6.45) is 1.98. The number of amides is 1. The Hall–Kier alpha value is -2.58. The van der Waals surface area contributed by atoms with Crippen LogP contribution in [0.1, 0.15) is 18.9 Å². The molecule has 0 unspecified atom stereocenters. The molecule has 2 aromatic carbocycles. The summed E-state index contributed by atoms with van der Waals surface area (Å²) in [4.78, 5) is 14.3. The molecule has 1 heterocycles. The minimum Gasteiger partial charge on any atom is -0.338 e. The Morgan fingerprint density at radius 1 is 0.897 bits per heavy atom. The van der Waals surface area contributed by atoms with Crippen molar-refractivity contribution in [3.8, 4) is 0 Å². The molecular weight excluding hydrogens is 398 g/mol. The van der Waals surface area contributed by atoms with Crippen molar-refractivity contribution >= 4 is 21.5 Å². The monoisotopic (exact) mass is 420 g/mol. The van der Waals surface area contributed by atoms with Crippen LogP contribution in [0.25, 0.3) is 5.57 Å². The molecule has 0 aromatic heterocycles. The van der Waals surface area contributed by atoms with Crippen molar-refractivity contribution in [3.05, 3.63) is 71.8 Å². The smallest absolute Gasteiger partial charge is 0.246 e. The summed E-state index contributed by atoms with van der Waals surface area (Å²) < 4.78 is 53.0. The first-order valence-corrected chi connectivity index (χ1v) is 10.7. The molecule has 3 rings (SSSR count). The molecule has 0 saturated carbocycles. The summed E-state index contributed by atoms with van der Waals surface area (Å²) in [5.74, 6) is -1.06. The molecular formula is C21H22F2N2O3S. The molecule has 0 spiro atoms. The predicted molar refractivity (Wildman–Crippen MR) is 106 cm³/mol. The summed E-state index contributed by atoms with van der Waals surface area (Å²) in [6, 6.07) is 10.6. The van der Waals surface area contributed by atoms with Crippen LogP contribution in [-0.4, -0.2) is 49.7 Å². The van der Waals surface area contributed by atoms with Gasteiger partial charge in [-0.1, -0.05) is 12.1 Å². The number of allylic oxidation sites excluding steroid dienone is 1. The quantitative estimate of drug-likeness (QED) is 0.714. The standard InChI is InChI=1S/C21H22F2N2O3S/c1-16(17-3-5-18(22)6-4-17)15-21(26)24-11-2-12-25(14-13-24)29(27,28)20-9-7-19(23)8-10-20/h3-10,15H,2,11-14H2,1H3/b16-15+. The highest BCUT2D eigenvalue weighted by Gasteiger charge is 2.27. The Kier molecular flexibility index (Phi) is 6.44. The van der Waals surface area contributed by atoms with Crippen LogP contribution >= 0.6 is 0 Å². The molecule has 29 heavy (non-hydrogen) atoms. The average Bonchev–Trinajstić information content (AvgIpc) is 2.95. The van der Waals surface area contributed by atoms with Crippen molar-refractivity contribution in [2.45, 2.75) is 18.2 Å². The van der Waals surface area contributed by atoms with E-state index in [1.165, 1.54) is 34.6 Å². The van der Waals surface area contributed by atoms with Crippen molar-refractivity contribution in [3.63, 3.8) is 0 Å². The average molecular weight is 420 g/mol. The third kappa shape index (κ3) is 5.07. The lowest BCUT2D eigenvalue weighted by molar-refractivity contribution is -0.125. The van der Waals surface area contributed by atoms with Crippen molar-refractivity contribution in [1.29, 1.82) is 0 Å². The number of hydrogen-bond acceptors (Lipinski definition) is 3. The number of benzene rings is 2. The topological polar surface area (TPSA) is 57.7 Å². The molecule has 5 nitrogen and oxygen atoms in total. The fourth-order valence-electron chi connectivity index (χ4n) is 3.18. The van der Waals surface area contributed by atoms with Gasteiger partial charge in [-0.25, -0.2) is 17.2 Å². The molecule has 1 aliphatic rings.